The summed E-state index contributed by atoms with van der Waals surface area (Å²) in [6.07, 6.45) is 2.82. The van der Waals surface area contributed by atoms with Gasteiger partial charge >= 0.3 is 0 Å². The maximum atomic E-state index is 9.63. The van der Waals surface area contributed by atoms with Crippen molar-refractivity contribution < 1.29 is 9.84 Å². The molecular formula is C10H21NO2. The molecule has 1 heterocycles. The number of hydrogen-bond donors (Lipinski definition) is 2. The van der Waals surface area contributed by atoms with Gasteiger partial charge in [0.15, 0.2) is 0 Å². The molecule has 0 spiro atoms. The third-order valence-electron chi connectivity index (χ3n) is 2.55. The van der Waals surface area contributed by atoms with Gasteiger partial charge in [-0.25, -0.2) is 0 Å². The molecular weight excluding hydrogens is 166 g/mol. The van der Waals surface area contributed by atoms with Gasteiger partial charge in [-0.1, -0.05) is 6.92 Å². The fraction of sp³-hybridized carbons (Fsp3) is 1.00. The smallest absolute Gasteiger partial charge is 0.0593 e. The number of ether oxygens (including phenoxy) is 1. The lowest BCUT2D eigenvalue weighted by atomic mass is 9.93. The van der Waals surface area contributed by atoms with Crippen LogP contribution in [0.4, 0.5) is 0 Å². The van der Waals surface area contributed by atoms with Crippen LogP contribution < -0.4 is 5.32 Å². The molecule has 0 aromatic carbocycles. The normalized spacial score (nSPS) is 29.1. The molecule has 3 nitrogen and oxygen atoms in total. The maximum Gasteiger partial charge on any atom is 0.0593 e. The molecule has 0 amide bonds. The maximum absolute atomic E-state index is 9.63. The third kappa shape index (κ3) is 4.07. The van der Waals surface area contributed by atoms with E-state index in [1.807, 2.05) is 0 Å². The summed E-state index contributed by atoms with van der Waals surface area (Å²) < 4.78 is 5.39. The molecule has 2 unspecified atom stereocenters. The summed E-state index contributed by atoms with van der Waals surface area (Å²) in [6, 6.07) is 0. The summed E-state index contributed by atoms with van der Waals surface area (Å²) >= 11 is 0. The van der Waals surface area contributed by atoms with Crippen molar-refractivity contribution in [1.82, 2.24) is 5.32 Å². The second-order valence-electron chi connectivity index (χ2n) is 3.72. The van der Waals surface area contributed by atoms with E-state index in [0.717, 1.165) is 45.6 Å². The lowest BCUT2D eigenvalue weighted by Crippen LogP contribution is -2.40. The second-order valence-corrected chi connectivity index (χ2v) is 3.72. The number of aliphatic hydroxyl groups is 1. The Morgan fingerprint density at radius 2 is 2.31 bits per heavy atom. The average molecular weight is 187 g/mol. The quantitative estimate of drug-likeness (QED) is 0.625. The molecule has 1 aliphatic heterocycles. The van der Waals surface area contributed by atoms with E-state index in [2.05, 4.69) is 12.2 Å². The SMILES string of the molecule is CCCOCCC1CNCCC1O. The molecule has 0 radical (unpaired) electrons. The highest BCUT2D eigenvalue weighted by Crippen LogP contribution is 2.14. The Bertz CT molecular complexity index is 130. The average Bonchev–Trinajstić information content (AvgIpc) is 2.15. The van der Waals surface area contributed by atoms with Crippen molar-refractivity contribution in [1.29, 1.82) is 0 Å². The molecule has 2 atom stereocenters. The second kappa shape index (κ2) is 6.35. The molecule has 3 heteroatoms. The Morgan fingerprint density at radius 1 is 1.46 bits per heavy atom. The molecule has 1 rings (SSSR count). The Morgan fingerprint density at radius 3 is 3.00 bits per heavy atom. The molecule has 78 valence electrons. The number of piperidine rings is 1. The van der Waals surface area contributed by atoms with E-state index in [1.165, 1.54) is 0 Å². The van der Waals surface area contributed by atoms with Crippen LogP contribution in [0.5, 0.6) is 0 Å². The lowest BCUT2D eigenvalue weighted by molar-refractivity contribution is 0.0473. The van der Waals surface area contributed by atoms with E-state index in [9.17, 15) is 5.11 Å². The van der Waals surface area contributed by atoms with Crippen LogP contribution in [0.1, 0.15) is 26.2 Å². The first-order valence-corrected chi connectivity index (χ1v) is 5.31. The summed E-state index contributed by atoms with van der Waals surface area (Å²) in [6.45, 7) is 5.63. The van der Waals surface area contributed by atoms with Gasteiger partial charge in [-0.3, -0.25) is 0 Å². The summed E-state index contributed by atoms with van der Waals surface area (Å²) in [4.78, 5) is 0. The van der Waals surface area contributed by atoms with Crippen molar-refractivity contribution in [2.24, 2.45) is 5.92 Å². The van der Waals surface area contributed by atoms with Gasteiger partial charge in [0.2, 0.25) is 0 Å². The van der Waals surface area contributed by atoms with Gasteiger partial charge in [0.05, 0.1) is 6.10 Å². The first-order valence-electron chi connectivity index (χ1n) is 5.31. The van der Waals surface area contributed by atoms with Crippen molar-refractivity contribution in [3.8, 4) is 0 Å². The summed E-state index contributed by atoms with van der Waals surface area (Å²) in [5, 5.41) is 12.9. The Hall–Kier alpha value is -0.120. The van der Waals surface area contributed by atoms with Gasteiger partial charge in [-0.15, -0.1) is 0 Å². The predicted octanol–water partition coefficient (Wildman–Crippen LogP) is 0.773. The highest BCUT2D eigenvalue weighted by atomic mass is 16.5. The lowest BCUT2D eigenvalue weighted by Gasteiger charge is -2.28. The number of hydrogen-bond acceptors (Lipinski definition) is 3. The molecule has 0 saturated carbocycles. The zero-order valence-corrected chi connectivity index (χ0v) is 8.46. The first kappa shape index (κ1) is 11.0. The zero-order chi connectivity index (χ0) is 9.52. The third-order valence-corrected chi connectivity index (χ3v) is 2.55. The minimum absolute atomic E-state index is 0.119. The van der Waals surface area contributed by atoms with Gasteiger partial charge in [0, 0.05) is 19.8 Å². The summed E-state index contributed by atoms with van der Waals surface area (Å²) in [5.74, 6) is 0.394. The number of nitrogens with one attached hydrogen (secondary N) is 1. The highest BCUT2D eigenvalue weighted by molar-refractivity contribution is 4.76. The van der Waals surface area contributed by atoms with Gasteiger partial charge in [-0.05, 0) is 31.7 Å². The van der Waals surface area contributed by atoms with Crippen molar-refractivity contribution in [3.05, 3.63) is 0 Å². The standard InChI is InChI=1S/C10H21NO2/c1-2-6-13-7-4-9-8-11-5-3-10(9)12/h9-12H,2-8H2,1H3. The van der Waals surface area contributed by atoms with Crippen LogP contribution in [0, 0.1) is 5.92 Å². The van der Waals surface area contributed by atoms with Gasteiger partial charge in [-0.2, -0.15) is 0 Å². The largest absolute Gasteiger partial charge is 0.393 e. The van der Waals surface area contributed by atoms with E-state index in [-0.39, 0.29) is 6.10 Å². The van der Waals surface area contributed by atoms with Crippen LogP contribution >= 0.6 is 0 Å². The van der Waals surface area contributed by atoms with Crippen LogP contribution in [0.25, 0.3) is 0 Å². The van der Waals surface area contributed by atoms with Gasteiger partial charge in [0.1, 0.15) is 0 Å². The van der Waals surface area contributed by atoms with Crippen LogP contribution in [0.2, 0.25) is 0 Å². The molecule has 0 aliphatic carbocycles. The van der Waals surface area contributed by atoms with Crippen LogP contribution in [0.15, 0.2) is 0 Å². The van der Waals surface area contributed by atoms with Crippen LogP contribution in [-0.2, 0) is 4.74 Å². The molecule has 13 heavy (non-hydrogen) atoms. The van der Waals surface area contributed by atoms with Crippen molar-refractivity contribution in [2.45, 2.75) is 32.3 Å². The molecule has 2 N–H and O–H groups in total. The minimum atomic E-state index is -0.119. The fourth-order valence-electron chi connectivity index (χ4n) is 1.68. The molecule has 1 aliphatic rings. The Labute approximate surface area is 80.5 Å². The number of rotatable bonds is 5. The molecule has 0 aromatic rings. The van der Waals surface area contributed by atoms with E-state index < -0.39 is 0 Å². The van der Waals surface area contributed by atoms with E-state index in [0.29, 0.717) is 5.92 Å². The monoisotopic (exact) mass is 187 g/mol. The molecule has 0 aromatic heterocycles. The topological polar surface area (TPSA) is 41.5 Å². The Kier molecular flexibility index (Phi) is 5.35. The summed E-state index contributed by atoms with van der Waals surface area (Å²) in [5.41, 5.74) is 0. The van der Waals surface area contributed by atoms with Crippen molar-refractivity contribution in [2.75, 3.05) is 26.3 Å². The predicted molar refractivity (Wildman–Crippen MR) is 52.7 cm³/mol. The molecule has 0 bridgehead atoms. The molecule has 1 fully saturated rings. The fourth-order valence-corrected chi connectivity index (χ4v) is 1.68. The zero-order valence-electron chi connectivity index (χ0n) is 8.46. The first-order chi connectivity index (χ1) is 6.34. The summed E-state index contributed by atoms with van der Waals surface area (Å²) in [7, 11) is 0. The number of aliphatic hydroxyl groups excluding tert-OH is 1. The van der Waals surface area contributed by atoms with E-state index in [1.54, 1.807) is 0 Å². The van der Waals surface area contributed by atoms with Crippen LogP contribution in [0.3, 0.4) is 0 Å². The Balaban J connectivity index is 2.05. The minimum Gasteiger partial charge on any atom is -0.393 e. The highest BCUT2D eigenvalue weighted by Gasteiger charge is 2.21. The van der Waals surface area contributed by atoms with Crippen LogP contribution in [-0.4, -0.2) is 37.5 Å². The van der Waals surface area contributed by atoms with E-state index in [4.69, 9.17) is 4.74 Å². The van der Waals surface area contributed by atoms with Crippen molar-refractivity contribution in [3.63, 3.8) is 0 Å². The van der Waals surface area contributed by atoms with E-state index >= 15 is 0 Å². The van der Waals surface area contributed by atoms with Gasteiger partial charge < -0.3 is 15.2 Å². The van der Waals surface area contributed by atoms with Crippen molar-refractivity contribution >= 4 is 0 Å². The van der Waals surface area contributed by atoms with Gasteiger partial charge in [0.25, 0.3) is 0 Å². The molecule has 1 saturated heterocycles.